The summed E-state index contributed by atoms with van der Waals surface area (Å²) in [5.74, 6) is -2.67. The van der Waals surface area contributed by atoms with Gasteiger partial charge in [-0.15, -0.1) is 0 Å². The molecule has 1 saturated heterocycles. The van der Waals surface area contributed by atoms with Gasteiger partial charge in [0.25, 0.3) is 5.91 Å². The van der Waals surface area contributed by atoms with Crippen molar-refractivity contribution in [2.24, 2.45) is 4.99 Å². The molecule has 3 aromatic rings. The van der Waals surface area contributed by atoms with Crippen molar-refractivity contribution in [2.75, 3.05) is 44.7 Å². The molecular formula is C38H38F7N5O5. The largest absolute Gasteiger partial charge is 0.466 e. The van der Waals surface area contributed by atoms with Gasteiger partial charge >= 0.3 is 18.3 Å². The van der Waals surface area contributed by atoms with E-state index in [9.17, 15) is 35.9 Å². The van der Waals surface area contributed by atoms with Crippen LogP contribution >= 0.6 is 0 Å². The highest BCUT2D eigenvalue weighted by Crippen LogP contribution is 2.47. The molecule has 0 radical (unpaired) electrons. The molecule has 1 fully saturated rings. The summed E-state index contributed by atoms with van der Waals surface area (Å²) < 4.78 is 114. The Labute approximate surface area is 311 Å². The molecule has 17 heteroatoms. The first-order valence-corrected chi connectivity index (χ1v) is 17.9. The van der Waals surface area contributed by atoms with Gasteiger partial charge in [-0.05, 0) is 68.1 Å². The van der Waals surface area contributed by atoms with Crippen molar-refractivity contribution in [1.29, 1.82) is 0 Å². The van der Waals surface area contributed by atoms with Crippen molar-refractivity contribution in [1.82, 2.24) is 14.7 Å². The number of hydrogen-bond acceptors (Lipinski definition) is 9. The number of alkyl halides is 6. The number of nitrogens with zero attached hydrogens (tertiary/aromatic N) is 4. The molecule has 5 heterocycles. The molecule has 10 nitrogen and oxygen atoms in total. The molecule has 294 valence electrons. The molecule has 4 aliphatic heterocycles. The van der Waals surface area contributed by atoms with E-state index in [1.807, 2.05) is 23.1 Å². The first kappa shape index (κ1) is 38.4. The Hall–Kier alpha value is -4.90. The van der Waals surface area contributed by atoms with E-state index in [2.05, 4.69) is 5.32 Å². The molecule has 1 amide bonds. The van der Waals surface area contributed by atoms with E-state index in [0.29, 0.717) is 38.4 Å². The normalized spacial score (nSPS) is 19.9. The lowest BCUT2D eigenvalue weighted by molar-refractivity contribution is -0.153. The van der Waals surface area contributed by atoms with Gasteiger partial charge in [-0.25, -0.2) is 9.38 Å². The number of esters is 1. The number of aliphatic imine (C=N–C) groups is 1. The van der Waals surface area contributed by atoms with Crippen LogP contribution in [-0.2, 0) is 44.5 Å². The second kappa shape index (κ2) is 15.0. The second-order valence-electron chi connectivity index (χ2n) is 13.8. The molecule has 0 bridgehead atoms. The van der Waals surface area contributed by atoms with E-state index in [1.54, 1.807) is 13.0 Å². The molecule has 0 aliphatic carbocycles. The van der Waals surface area contributed by atoms with Gasteiger partial charge in [0.15, 0.2) is 0 Å². The highest BCUT2D eigenvalue weighted by molar-refractivity contribution is 6.11. The third-order valence-electron chi connectivity index (χ3n) is 10.3. The zero-order chi connectivity index (χ0) is 39.1. The Balaban J connectivity index is 1.16. The van der Waals surface area contributed by atoms with Crippen LogP contribution in [0.1, 0.15) is 66.9 Å². The Morgan fingerprint density at radius 3 is 2.49 bits per heavy atom. The molecule has 1 aromatic heterocycles. The number of nitrogens with one attached hydrogen (secondary N) is 1. The Bertz CT molecular complexity index is 2000. The first-order valence-electron chi connectivity index (χ1n) is 17.9. The van der Waals surface area contributed by atoms with Crippen molar-refractivity contribution in [2.45, 2.75) is 69.7 Å². The molecule has 0 saturated carbocycles. The smallest absolute Gasteiger partial charge is 0.449 e. The lowest BCUT2D eigenvalue weighted by atomic mass is 9.82. The number of hydrogen-bond donors (Lipinski definition) is 1. The molecule has 1 N–H and O–H groups in total. The number of anilines is 1. The van der Waals surface area contributed by atoms with Gasteiger partial charge in [0.2, 0.25) is 11.7 Å². The molecular weight excluding hydrogens is 739 g/mol. The summed E-state index contributed by atoms with van der Waals surface area (Å²) in [4.78, 5) is 35.8. The lowest BCUT2D eigenvalue weighted by Gasteiger charge is -2.42. The van der Waals surface area contributed by atoms with E-state index in [1.165, 1.54) is 15.9 Å². The fourth-order valence-corrected chi connectivity index (χ4v) is 7.64. The van der Waals surface area contributed by atoms with Gasteiger partial charge in [0.05, 0.1) is 55.7 Å². The fourth-order valence-electron chi connectivity index (χ4n) is 7.64. The van der Waals surface area contributed by atoms with Gasteiger partial charge in [-0.3, -0.25) is 19.4 Å². The van der Waals surface area contributed by atoms with Crippen LogP contribution in [0, 0.1) is 5.82 Å². The number of ether oxygens (including phenoxy) is 2. The standard InChI is InChI=1S/C38H38F7N5O5/c1-2-53-32(51)10-5-15-46-24-7-3-6-23(18-24)29-21-50-34(52)33-30(49(35(50)47-29)20-26-27(37(40,41)42)8-4-9-28(26)39)22-54-36(33)13-16-48(17-14-36)19-25-11-12-31(55-25)38(43,44)45/h3-4,6-9,11-12,18,29,46H,2,5,10,13-17,19-22H2,1H3. The number of rotatable bonds is 11. The number of halogens is 7. The number of carbonyl (C=O) groups excluding carboxylic acids is 2. The minimum Gasteiger partial charge on any atom is -0.466 e. The Morgan fingerprint density at radius 1 is 1.02 bits per heavy atom. The third-order valence-corrected chi connectivity index (χ3v) is 10.3. The van der Waals surface area contributed by atoms with Crippen molar-refractivity contribution < 1.29 is 54.2 Å². The lowest BCUT2D eigenvalue weighted by Crippen LogP contribution is -2.54. The minimum atomic E-state index is -4.86. The van der Waals surface area contributed by atoms with Gasteiger partial charge in [0.1, 0.15) is 17.2 Å². The van der Waals surface area contributed by atoms with E-state index in [4.69, 9.17) is 18.9 Å². The van der Waals surface area contributed by atoms with Crippen LogP contribution in [-0.4, -0.2) is 77.5 Å². The van der Waals surface area contributed by atoms with E-state index in [-0.39, 0.29) is 62.2 Å². The number of guanidine groups is 1. The number of carbonyl (C=O) groups is 2. The quantitative estimate of drug-likeness (QED) is 0.123. The van der Waals surface area contributed by atoms with Gasteiger partial charge < -0.3 is 24.1 Å². The van der Waals surface area contributed by atoms with E-state index >= 15 is 4.39 Å². The number of benzene rings is 2. The number of likely N-dealkylation sites (tertiary alicyclic amines) is 1. The second-order valence-corrected chi connectivity index (χ2v) is 13.8. The monoisotopic (exact) mass is 777 g/mol. The average molecular weight is 778 g/mol. The Morgan fingerprint density at radius 2 is 1.78 bits per heavy atom. The summed E-state index contributed by atoms with van der Waals surface area (Å²) >= 11 is 0. The maximum absolute atomic E-state index is 15.3. The SMILES string of the molecule is CCOC(=O)CCCNc1cccc(C2CN3C(=O)C4=C(COC45CCN(Cc4ccc(C(F)(F)F)o4)CC5)N(Cc4c(F)cccc4C(F)(F)F)C3=N2)c1. The third kappa shape index (κ3) is 7.81. The minimum absolute atomic E-state index is 0.0550. The molecule has 2 aromatic carbocycles. The summed E-state index contributed by atoms with van der Waals surface area (Å²) in [5, 5.41) is 3.26. The summed E-state index contributed by atoms with van der Waals surface area (Å²) in [5.41, 5.74) is -0.889. The number of fused-ring (bicyclic) bond motifs is 2. The van der Waals surface area contributed by atoms with Crippen LogP contribution in [0.2, 0.25) is 0 Å². The number of piperidine rings is 1. The first-order chi connectivity index (χ1) is 26.2. The molecule has 1 atom stereocenters. The topological polar surface area (TPSA) is 99.8 Å². The van der Waals surface area contributed by atoms with Crippen molar-refractivity contribution >= 4 is 23.5 Å². The van der Waals surface area contributed by atoms with Crippen molar-refractivity contribution in [3.05, 3.63) is 99.9 Å². The molecule has 1 unspecified atom stereocenters. The van der Waals surface area contributed by atoms with Crippen LogP contribution in [0.4, 0.5) is 36.4 Å². The number of furan rings is 1. The molecule has 55 heavy (non-hydrogen) atoms. The van der Waals surface area contributed by atoms with Gasteiger partial charge in [-0.2, -0.15) is 26.3 Å². The van der Waals surface area contributed by atoms with Gasteiger partial charge in [0, 0.05) is 37.3 Å². The molecule has 4 aliphatic rings. The summed E-state index contributed by atoms with van der Waals surface area (Å²) in [6, 6.07) is 11.6. The van der Waals surface area contributed by atoms with Crippen molar-refractivity contribution in [3.63, 3.8) is 0 Å². The zero-order valence-electron chi connectivity index (χ0n) is 29.7. The van der Waals surface area contributed by atoms with Crippen LogP contribution in [0.5, 0.6) is 0 Å². The maximum Gasteiger partial charge on any atom is 0.449 e. The number of amides is 1. The zero-order valence-corrected chi connectivity index (χ0v) is 29.7. The predicted octanol–water partition coefficient (Wildman–Crippen LogP) is 7.29. The van der Waals surface area contributed by atoms with Crippen LogP contribution in [0.3, 0.4) is 0 Å². The van der Waals surface area contributed by atoms with Crippen molar-refractivity contribution in [3.8, 4) is 0 Å². The Kier molecular flexibility index (Phi) is 10.4. The average Bonchev–Trinajstić information content (AvgIpc) is 3.89. The van der Waals surface area contributed by atoms with Crippen LogP contribution < -0.4 is 5.32 Å². The predicted molar refractivity (Wildman–Crippen MR) is 184 cm³/mol. The summed E-state index contributed by atoms with van der Waals surface area (Å²) in [6.45, 7) is 2.58. The highest BCUT2D eigenvalue weighted by Gasteiger charge is 2.55. The van der Waals surface area contributed by atoms with Crippen LogP contribution in [0.15, 0.2) is 75.3 Å². The summed E-state index contributed by atoms with van der Waals surface area (Å²) in [7, 11) is 0. The van der Waals surface area contributed by atoms with E-state index < -0.39 is 59.2 Å². The van der Waals surface area contributed by atoms with Gasteiger partial charge in [-0.1, -0.05) is 18.2 Å². The molecule has 1 spiro atoms. The maximum atomic E-state index is 15.3. The highest BCUT2D eigenvalue weighted by atomic mass is 19.4. The van der Waals surface area contributed by atoms with E-state index in [0.717, 1.165) is 35.5 Å². The molecule has 7 rings (SSSR count). The fraction of sp³-hybridized carbons (Fsp3) is 0.447. The summed E-state index contributed by atoms with van der Waals surface area (Å²) in [6.07, 6.45) is -8.18. The van der Waals surface area contributed by atoms with Crippen LogP contribution in [0.25, 0.3) is 0 Å².